The molecule has 2 N–H and O–H groups in total. The van der Waals surface area contributed by atoms with Crippen molar-refractivity contribution in [3.8, 4) is 0 Å². The van der Waals surface area contributed by atoms with Crippen LogP contribution in [0, 0.1) is 23.5 Å². The number of carbonyl (C=O) groups excluding carboxylic acids is 2. The second-order valence-electron chi connectivity index (χ2n) is 7.48. The fourth-order valence-corrected chi connectivity index (χ4v) is 3.89. The summed E-state index contributed by atoms with van der Waals surface area (Å²) in [4.78, 5) is 26.3. The van der Waals surface area contributed by atoms with Crippen molar-refractivity contribution in [2.75, 3.05) is 32.7 Å². The molecule has 5 nitrogen and oxygen atoms in total. The lowest BCUT2D eigenvalue weighted by molar-refractivity contribution is -0.126. The molecule has 2 fully saturated rings. The first-order valence-electron chi connectivity index (χ1n) is 9.77. The van der Waals surface area contributed by atoms with Crippen LogP contribution in [-0.2, 0) is 4.79 Å². The van der Waals surface area contributed by atoms with Crippen LogP contribution in [0.15, 0.2) is 18.2 Å². The van der Waals surface area contributed by atoms with E-state index >= 15 is 0 Å². The van der Waals surface area contributed by atoms with Gasteiger partial charge in [0.1, 0.15) is 11.6 Å². The summed E-state index contributed by atoms with van der Waals surface area (Å²) in [6.45, 7) is 3.60. The van der Waals surface area contributed by atoms with Gasteiger partial charge in [-0.1, -0.05) is 0 Å². The largest absolute Gasteiger partial charge is 0.356 e. The van der Waals surface area contributed by atoms with Crippen LogP contribution in [0.2, 0.25) is 0 Å². The van der Waals surface area contributed by atoms with Crippen LogP contribution in [-0.4, -0.2) is 49.4 Å². The van der Waals surface area contributed by atoms with E-state index in [-0.39, 0.29) is 17.4 Å². The predicted molar refractivity (Wildman–Crippen MR) is 98.2 cm³/mol. The first-order valence-corrected chi connectivity index (χ1v) is 9.77. The summed E-state index contributed by atoms with van der Waals surface area (Å²) in [7, 11) is 0. The van der Waals surface area contributed by atoms with E-state index in [0.29, 0.717) is 38.4 Å². The van der Waals surface area contributed by atoms with E-state index in [1.165, 1.54) is 23.8 Å². The lowest BCUT2D eigenvalue weighted by Crippen LogP contribution is -2.43. The van der Waals surface area contributed by atoms with E-state index in [2.05, 4.69) is 10.6 Å². The number of benzene rings is 1. The van der Waals surface area contributed by atoms with Gasteiger partial charge in [-0.3, -0.25) is 9.59 Å². The highest BCUT2D eigenvalue weighted by molar-refractivity contribution is 5.94. The summed E-state index contributed by atoms with van der Waals surface area (Å²) >= 11 is 0. The minimum atomic E-state index is -0.850. The van der Waals surface area contributed by atoms with Crippen LogP contribution in [0.4, 0.5) is 8.78 Å². The van der Waals surface area contributed by atoms with Crippen molar-refractivity contribution in [2.24, 2.45) is 11.8 Å². The second kappa shape index (κ2) is 9.26. The molecule has 0 saturated carbocycles. The molecule has 2 amide bonds. The zero-order valence-electron chi connectivity index (χ0n) is 15.5. The maximum atomic E-state index is 13.8. The number of nitrogens with zero attached hydrogens (tertiary/aromatic N) is 1. The lowest BCUT2D eigenvalue weighted by atomic mass is 9.94. The van der Waals surface area contributed by atoms with E-state index < -0.39 is 17.5 Å². The predicted octanol–water partition coefficient (Wildman–Crippen LogP) is 2.32. The zero-order valence-corrected chi connectivity index (χ0v) is 15.5. The van der Waals surface area contributed by atoms with Gasteiger partial charge in [0, 0.05) is 31.6 Å². The van der Waals surface area contributed by atoms with Crippen molar-refractivity contribution in [1.82, 2.24) is 15.5 Å². The maximum Gasteiger partial charge on any atom is 0.256 e. The van der Waals surface area contributed by atoms with Crippen molar-refractivity contribution in [2.45, 2.75) is 32.1 Å². The highest BCUT2D eigenvalue weighted by Crippen LogP contribution is 2.21. The van der Waals surface area contributed by atoms with Crippen molar-refractivity contribution in [3.05, 3.63) is 35.4 Å². The van der Waals surface area contributed by atoms with Gasteiger partial charge in [0.05, 0.1) is 5.56 Å². The van der Waals surface area contributed by atoms with Gasteiger partial charge in [0.15, 0.2) is 0 Å². The van der Waals surface area contributed by atoms with Crippen LogP contribution in [0.5, 0.6) is 0 Å². The van der Waals surface area contributed by atoms with E-state index in [0.717, 1.165) is 31.6 Å². The Labute approximate surface area is 158 Å². The monoisotopic (exact) mass is 379 g/mol. The number of piperidine rings is 2. The van der Waals surface area contributed by atoms with E-state index in [9.17, 15) is 18.4 Å². The van der Waals surface area contributed by atoms with Crippen LogP contribution < -0.4 is 10.6 Å². The smallest absolute Gasteiger partial charge is 0.256 e. The molecule has 7 heteroatoms. The van der Waals surface area contributed by atoms with E-state index in [4.69, 9.17) is 0 Å². The summed E-state index contributed by atoms with van der Waals surface area (Å²) < 4.78 is 26.8. The molecular weight excluding hydrogens is 352 g/mol. The molecule has 27 heavy (non-hydrogen) atoms. The average molecular weight is 379 g/mol. The number of hydrogen-bond acceptors (Lipinski definition) is 3. The molecule has 0 aromatic heterocycles. The minimum Gasteiger partial charge on any atom is -0.356 e. The van der Waals surface area contributed by atoms with Crippen molar-refractivity contribution < 1.29 is 18.4 Å². The summed E-state index contributed by atoms with van der Waals surface area (Å²) in [5, 5.41) is 6.39. The molecular formula is C20H27F2N3O2. The summed E-state index contributed by atoms with van der Waals surface area (Å²) in [6, 6.07) is 2.97. The lowest BCUT2D eigenvalue weighted by Gasteiger charge is -2.31. The van der Waals surface area contributed by atoms with E-state index in [1.54, 1.807) is 0 Å². The second-order valence-corrected chi connectivity index (χ2v) is 7.48. The molecule has 2 aliphatic rings. The average Bonchev–Trinajstić information content (AvgIpc) is 2.68. The fourth-order valence-electron chi connectivity index (χ4n) is 3.89. The Morgan fingerprint density at radius 2 is 1.96 bits per heavy atom. The molecule has 0 spiro atoms. The molecule has 2 heterocycles. The van der Waals surface area contributed by atoms with Crippen molar-refractivity contribution in [1.29, 1.82) is 0 Å². The number of nitrogens with one attached hydrogen (secondary N) is 2. The molecule has 1 aromatic carbocycles. The van der Waals surface area contributed by atoms with Crippen LogP contribution >= 0.6 is 0 Å². The Morgan fingerprint density at radius 3 is 2.63 bits per heavy atom. The van der Waals surface area contributed by atoms with Gasteiger partial charge in [-0.15, -0.1) is 0 Å². The molecule has 2 saturated heterocycles. The third-order valence-electron chi connectivity index (χ3n) is 5.57. The molecule has 1 atom stereocenters. The Hall–Kier alpha value is -2.02. The Morgan fingerprint density at radius 1 is 1.19 bits per heavy atom. The van der Waals surface area contributed by atoms with Crippen LogP contribution in [0.1, 0.15) is 42.5 Å². The minimum absolute atomic E-state index is 0.0406. The highest BCUT2D eigenvalue weighted by atomic mass is 19.1. The number of carbonyl (C=O) groups is 2. The van der Waals surface area contributed by atoms with Crippen LogP contribution in [0.3, 0.4) is 0 Å². The molecule has 0 aliphatic carbocycles. The fraction of sp³-hybridized carbons (Fsp3) is 0.600. The molecule has 1 unspecified atom stereocenters. The maximum absolute atomic E-state index is 13.8. The third-order valence-corrected chi connectivity index (χ3v) is 5.57. The Balaban J connectivity index is 1.42. The quantitative estimate of drug-likeness (QED) is 0.826. The number of amides is 2. The SMILES string of the molecule is O=C(NCCC1CCCNC1)C1CCN(C(=O)c2ccc(F)cc2F)CC1. The van der Waals surface area contributed by atoms with Gasteiger partial charge in [-0.25, -0.2) is 8.78 Å². The number of halogens is 2. The third kappa shape index (κ3) is 5.25. The number of likely N-dealkylation sites (tertiary alicyclic amines) is 1. The van der Waals surface area contributed by atoms with Gasteiger partial charge < -0.3 is 15.5 Å². The Kier molecular flexibility index (Phi) is 6.77. The molecule has 0 radical (unpaired) electrons. The first kappa shape index (κ1) is 19.7. The molecule has 0 bridgehead atoms. The normalized spacial score (nSPS) is 21.1. The molecule has 148 valence electrons. The van der Waals surface area contributed by atoms with Gasteiger partial charge in [0.2, 0.25) is 5.91 Å². The summed E-state index contributed by atoms with van der Waals surface area (Å²) in [5.74, 6) is -1.45. The standard InChI is InChI=1S/C20H27F2N3O2/c21-16-3-4-17(18(22)12-16)20(27)25-10-6-15(7-11-25)19(26)24-9-5-14-2-1-8-23-13-14/h3-4,12,14-15,23H,1-2,5-11,13H2,(H,24,26). The van der Waals surface area contributed by atoms with Gasteiger partial charge in [-0.05, 0) is 63.2 Å². The number of rotatable bonds is 5. The van der Waals surface area contributed by atoms with Crippen molar-refractivity contribution >= 4 is 11.8 Å². The van der Waals surface area contributed by atoms with Gasteiger partial charge in [-0.2, -0.15) is 0 Å². The molecule has 1 aromatic rings. The van der Waals surface area contributed by atoms with Crippen molar-refractivity contribution in [3.63, 3.8) is 0 Å². The molecule has 2 aliphatic heterocycles. The molecule has 3 rings (SSSR count). The first-order chi connectivity index (χ1) is 13.0. The van der Waals surface area contributed by atoms with Gasteiger partial charge in [0.25, 0.3) is 5.91 Å². The van der Waals surface area contributed by atoms with Gasteiger partial charge >= 0.3 is 0 Å². The highest BCUT2D eigenvalue weighted by Gasteiger charge is 2.29. The topological polar surface area (TPSA) is 61.4 Å². The summed E-state index contributed by atoms with van der Waals surface area (Å²) in [5.41, 5.74) is -0.125. The Bertz CT molecular complexity index is 669. The summed E-state index contributed by atoms with van der Waals surface area (Å²) in [6.07, 6.45) is 4.51. The number of hydrogen-bond donors (Lipinski definition) is 2. The zero-order chi connectivity index (χ0) is 19.2. The van der Waals surface area contributed by atoms with E-state index in [1.807, 2.05) is 0 Å². The van der Waals surface area contributed by atoms with Crippen LogP contribution in [0.25, 0.3) is 0 Å².